The van der Waals surface area contributed by atoms with E-state index in [2.05, 4.69) is 31.4 Å². The standard InChI is InChI=1S/C23H28N2O4/c1-5-6-15-29-22(28)18-9-7-8-10-19(18)25-21(27)20(26)24-17-13-11-16(12-14-17)23(2,3)4/h7-14H,5-6,15H2,1-4H3,(H,24,26)(H,25,27). The van der Waals surface area contributed by atoms with Gasteiger partial charge in [0.15, 0.2) is 0 Å². The van der Waals surface area contributed by atoms with Crippen LogP contribution in [0, 0.1) is 0 Å². The van der Waals surface area contributed by atoms with E-state index in [0.29, 0.717) is 12.3 Å². The molecule has 0 radical (unpaired) electrons. The highest BCUT2D eigenvalue weighted by atomic mass is 16.5. The van der Waals surface area contributed by atoms with Crippen LogP contribution in [0.4, 0.5) is 11.4 Å². The molecule has 0 saturated heterocycles. The molecule has 0 atom stereocenters. The number of amides is 2. The highest BCUT2D eigenvalue weighted by Gasteiger charge is 2.19. The monoisotopic (exact) mass is 396 g/mol. The second kappa shape index (κ2) is 9.87. The van der Waals surface area contributed by atoms with Crippen LogP contribution in [0.2, 0.25) is 0 Å². The Balaban J connectivity index is 2.03. The van der Waals surface area contributed by atoms with Crippen LogP contribution in [0.5, 0.6) is 0 Å². The van der Waals surface area contributed by atoms with E-state index in [-0.39, 0.29) is 16.7 Å². The van der Waals surface area contributed by atoms with Crippen molar-refractivity contribution in [3.63, 3.8) is 0 Å². The summed E-state index contributed by atoms with van der Waals surface area (Å²) in [5, 5.41) is 5.05. The van der Waals surface area contributed by atoms with Crippen LogP contribution in [0.1, 0.15) is 56.5 Å². The van der Waals surface area contributed by atoms with E-state index >= 15 is 0 Å². The summed E-state index contributed by atoms with van der Waals surface area (Å²) >= 11 is 0. The molecule has 154 valence electrons. The summed E-state index contributed by atoms with van der Waals surface area (Å²) in [5.41, 5.74) is 2.08. The van der Waals surface area contributed by atoms with Gasteiger partial charge in [0.25, 0.3) is 0 Å². The van der Waals surface area contributed by atoms with Gasteiger partial charge in [0.05, 0.1) is 17.9 Å². The van der Waals surface area contributed by atoms with Crippen molar-refractivity contribution in [1.82, 2.24) is 0 Å². The fourth-order valence-electron chi connectivity index (χ4n) is 2.58. The fraction of sp³-hybridized carbons (Fsp3) is 0.348. The van der Waals surface area contributed by atoms with Gasteiger partial charge in [-0.05, 0) is 41.7 Å². The van der Waals surface area contributed by atoms with Crippen LogP contribution >= 0.6 is 0 Å². The van der Waals surface area contributed by atoms with Crippen molar-refractivity contribution in [3.05, 3.63) is 59.7 Å². The van der Waals surface area contributed by atoms with Gasteiger partial charge in [-0.15, -0.1) is 0 Å². The molecular weight excluding hydrogens is 368 g/mol. The van der Waals surface area contributed by atoms with Crippen LogP contribution in [-0.2, 0) is 19.7 Å². The molecule has 2 aromatic rings. The molecule has 2 aromatic carbocycles. The van der Waals surface area contributed by atoms with Crippen molar-refractivity contribution in [2.45, 2.75) is 46.0 Å². The number of benzene rings is 2. The molecule has 0 unspecified atom stereocenters. The molecule has 6 nitrogen and oxygen atoms in total. The largest absolute Gasteiger partial charge is 0.462 e. The highest BCUT2D eigenvalue weighted by molar-refractivity contribution is 6.43. The molecule has 0 fully saturated rings. The van der Waals surface area contributed by atoms with Crippen molar-refractivity contribution >= 4 is 29.2 Å². The lowest BCUT2D eigenvalue weighted by Gasteiger charge is -2.19. The number of hydrogen-bond donors (Lipinski definition) is 2. The third kappa shape index (κ3) is 6.45. The van der Waals surface area contributed by atoms with Crippen LogP contribution < -0.4 is 10.6 Å². The number of nitrogens with one attached hydrogen (secondary N) is 2. The molecule has 0 aliphatic rings. The Hall–Kier alpha value is -3.15. The molecule has 29 heavy (non-hydrogen) atoms. The summed E-state index contributed by atoms with van der Waals surface area (Å²) < 4.78 is 5.19. The molecule has 0 aliphatic heterocycles. The van der Waals surface area contributed by atoms with E-state index in [1.165, 1.54) is 0 Å². The van der Waals surface area contributed by atoms with E-state index in [1.807, 2.05) is 19.1 Å². The summed E-state index contributed by atoms with van der Waals surface area (Å²) in [4.78, 5) is 36.8. The zero-order valence-corrected chi connectivity index (χ0v) is 17.4. The number of esters is 1. The van der Waals surface area contributed by atoms with Gasteiger partial charge >= 0.3 is 17.8 Å². The van der Waals surface area contributed by atoms with E-state index < -0.39 is 17.8 Å². The van der Waals surface area contributed by atoms with Crippen molar-refractivity contribution in [3.8, 4) is 0 Å². The molecule has 0 saturated carbocycles. The molecule has 6 heteroatoms. The maximum Gasteiger partial charge on any atom is 0.340 e. The molecule has 0 spiro atoms. The summed E-state index contributed by atoms with van der Waals surface area (Å²) in [6, 6.07) is 13.8. The number of unbranched alkanes of at least 4 members (excludes halogenated alkanes) is 1. The first-order chi connectivity index (χ1) is 13.7. The molecule has 2 rings (SSSR count). The predicted octanol–water partition coefficient (Wildman–Crippen LogP) is 4.52. The number of anilines is 2. The van der Waals surface area contributed by atoms with Crippen LogP contribution in [0.15, 0.2) is 48.5 Å². The number of para-hydroxylation sites is 1. The molecule has 2 N–H and O–H groups in total. The maximum atomic E-state index is 12.3. The highest BCUT2D eigenvalue weighted by Crippen LogP contribution is 2.23. The summed E-state index contributed by atoms with van der Waals surface area (Å²) in [6.07, 6.45) is 1.67. The number of rotatable bonds is 6. The minimum absolute atomic E-state index is 0.00460. The molecule has 2 amide bonds. The predicted molar refractivity (Wildman–Crippen MR) is 114 cm³/mol. The van der Waals surface area contributed by atoms with Gasteiger partial charge in [0.2, 0.25) is 0 Å². The lowest BCUT2D eigenvalue weighted by Crippen LogP contribution is -2.29. The van der Waals surface area contributed by atoms with Gasteiger partial charge < -0.3 is 15.4 Å². The van der Waals surface area contributed by atoms with Crippen molar-refractivity contribution in [2.75, 3.05) is 17.2 Å². The number of carbonyl (C=O) groups excluding carboxylic acids is 3. The molecule has 0 aromatic heterocycles. The third-order valence-electron chi connectivity index (χ3n) is 4.34. The SMILES string of the molecule is CCCCOC(=O)c1ccccc1NC(=O)C(=O)Nc1ccc(C(C)(C)C)cc1. The Kier molecular flexibility index (Phi) is 7.53. The van der Waals surface area contributed by atoms with Crippen molar-refractivity contribution < 1.29 is 19.1 Å². The second-order valence-electron chi connectivity index (χ2n) is 7.77. The quantitative estimate of drug-likeness (QED) is 0.427. The van der Waals surface area contributed by atoms with E-state index in [9.17, 15) is 14.4 Å². The number of carbonyl (C=O) groups is 3. The van der Waals surface area contributed by atoms with Gasteiger partial charge in [-0.1, -0.05) is 58.4 Å². The van der Waals surface area contributed by atoms with Crippen LogP contribution in [0.3, 0.4) is 0 Å². The topological polar surface area (TPSA) is 84.5 Å². The molecule has 0 heterocycles. The number of hydrogen-bond acceptors (Lipinski definition) is 4. The Morgan fingerprint density at radius 1 is 0.897 bits per heavy atom. The van der Waals surface area contributed by atoms with Crippen molar-refractivity contribution in [1.29, 1.82) is 0 Å². The zero-order valence-electron chi connectivity index (χ0n) is 17.4. The van der Waals surface area contributed by atoms with Crippen molar-refractivity contribution in [2.24, 2.45) is 0 Å². The Morgan fingerprint density at radius 3 is 2.14 bits per heavy atom. The lowest BCUT2D eigenvalue weighted by atomic mass is 9.87. The fourth-order valence-corrected chi connectivity index (χ4v) is 2.58. The van der Waals surface area contributed by atoms with E-state index in [0.717, 1.165) is 18.4 Å². The first kappa shape index (κ1) is 22.1. The summed E-state index contributed by atoms with van der Waals surface area (Å²) in [7, 11) is 0. The third-order valence-corrected chi connectivity index (χ3v) is 4.34. The van der Waals surface area contributed by atoms with Crippen LogP contribution in [-0.4, -0.2) is 24.4 Å². The molecule has 0 bridgehead atoms. The zero-order chi connectivity index (χ0) is 21.4. The summed E-state index contributed by atoms with van der Waals surface area (Å²) in [6.45, 7) is 8.59. The Morgan fingerprint density at radius 2 is 1.52 bits per heavy atom. The maximum absolute atomic E-state index is 12.3. The van der Waals surface area contributed by atoms with E-state index in [1.54, 1.807) is 36.4 Å². The average molecular weight is 396 g/mol. The first-order valence-corrected chi connectivity index (χ1v) is 9.71. The Labute approximate surface area is 171 Å². The van der Waals surface area contributed by atoms with Crippen LogP contribution in [0.25, 0.3) is 0 Å². The second-order valence-corrected chi connectivity index (χ2v) is 7.77. The van der Waals surface area contributed by atoms with Gasteiger partial charge in [0.1, 0.15) is 0 Å². The molecule has 0 aliphatic carbocycles. The smallest absolute Gasteiger partial charge is 0.340 e. The lowest BCUT2D eigenvalue weighted by molar-refractivity contribution is -0.133. The average Bonchev–Trinajstić information content (AvgIpc) is 2.68. The minimum Gasteiger partial charge on any atom is -0.462 e. The molecular formula is C23H28N2O4. The van der Waals surface area contributed by atoms with Gasteiger partial charge in [-0.25, -0.2) is 4.79 Å². The summed E-state index contributed by atoms with van der Waals surface area (Å²) in [5.74, 6) is -2.21. The normalized spacial score (nSPS) is 10.9. The van der Waals surface area contributed by atoms with Gasteiger partial charge in [0, 0.05) is 5.69 Å². The minimum atomic E-state index is -0.862. The Bertz CT molecular complexity index is 867. The van der Waals surface area contributed by atoms with Gasteiger partial charge in [-0.3, -0.25) is 9.59 Å². The van der Waals surface area contributed by atoms with E-state index in [4.69, 9.17) is 4.74 Å². The first-order valence-electron chi connectivity index (χ1n) is 9.71. The van der Waals surface area contributed by atoms with Gasteiger partial charge in [-0.2, -0.15) is 0 Å². The number of ether oxygens (including phenoxy) is 1.